The highest BCUT2D eigenvalue weighted by Crippen LogP contribution is 2.18. The predicted octanol–water partition coefficient (Wildman–Crippen LogP) is 22.0. The first-order valence-electron chi connectivity index (χ1n) is 32.5. The number of hydrogen-bond donors (Lipinski definition) is 0. The van der Waals surface area contributed by atoms with Gasteiger partial charge in [0.15, 0.2) is 6.10 Å². The number of carbonyl (C=O) groups is 3. The van der Waals surface area contributed by atoms with Crippen molar-refractivity contribution in [3.05, 3.63) is 36.5 Å². The minimum atomic E-state index is -0.768. The van der Waals surface area contributed by atoms with E-state index in [2.05, 4.69) is 57.2 Å². The van der Waals surface area contributed by atoms with Gasteiger partial charge in [0.05, 0.1) is 0 Å². The summed E-state index contributed by atoms with van der Waals surface area (Å²) in [7, 11) is 0. The molecule has 0 aliphatic rings. The Kier molecular flexibility index (Phi) is 60.2. The van der Waals surface area contributed by atoms with E-state index in [4.69, 9.17) is 14.2 Å². The topological polar surface area (TPSA) is 78.9 Å². The Morgan fingerprint density at radius 3 is 0.767 bits per heavy atom. The molecule has 0 N–H and O–H groups in total. The van der Waals surface area contributed by atoms with Gasteiger partial charge in [-0.15, -0.1) is 0 Å². The van der Waals surface area contributed by atoms with Crippen molar-refractivity contribution < 1.29 is 28.6 Å². The zero-order valence-electron chi connectivity index (χ0n) is 49.2. The Morgan fingerprint density at radius 1 is 0.274 bits per heavy atom. The summed E-state index contributed by atoms with van der Waals surface area (Å²) < 4.78 is 16.8. The molecule has 1 atom stereocenters. The van der Waals surface area contributed by atoms with Crippen LogP contribution in [0.2, 0.25) is 0 Å². The van der Waals surface area contributed by atoms with E-state index in [0.29, 0.717) is 19.3 Å². The zero-order chi connectivity index (χ0) is 52.9. The second-order valence-corrected chi connectivity index (χ2v) is 22.0. The summed E-state index contributed by atoms with van der Waals surface area (Å²) in [4.78, 5) is 37.9. The lowest BCUT2D eigenvalue weighted by atomic mass is 10.0. The molecular weight excluding hydrogens is 901 g/mol. The molecule has 0 amide bonds. The third-order valence-corrected chi connectivity index (χ3v) is 14.6. The zero-order valence-corrected chi connectivity index (χ0v) is 49.2. The normalized spacial score (nSPS) is 12.2. The lowest BCUT2D eigenvalue weighted by molar-refractivity contribution is -0.167. The summed E-state index contributed by atoms with van der Waals surface area (Å²) in [6.45, 7) is 6.60. The maximum atomic E-state index is 12.8. The van der Waals surface area contributed by atoms with Gasteiger partial charge in [-0.1, -0.05) is 314 Å². The maximum absolute atomic E-state index is 12.8. The van der Waals surface area contributed by atoms with Crippen molar-refractivity contribution in [3.63, 3.8) is 0 Å². The van der Waals surface area contributed by atoms with Gasteiger partial charge in [-0.25, -0.2) is 0 Å². The van der Waals surface area contributed by atoms with Gasteiger partial charge in [-0.3, -0.25) is 14.4 Å². The second kappa shape index (κ2) is 62.2. The van der Waals surface area contributed by atoms with Crippen molar-refractivity contribution in [1.29, 1.82) is 0 Å². The van der Waals surface area contributed by atoms with E-state index in [0.717, 1.165) is 77.0 Å². The largest absolute Gasteiger partial charge is 0.462 e. The van der Waals surface area contributed by atoms with Crippen molar-refractivity contribution >= 4 is 17.9 Å². The lowest BCUT2D eigenvalue weighted by Crippen LogP contribution is -2.30. The molecule has 0 saturated heterocycles. The fourth-order valence-electron chi connectivity index (χ4n) is 9.75. The van der Waals surface area contributed by atoms with E-state index < -0.39 is 6.10 Å². The first-order valence-corrected chi connectivity index (χ1v) is 32.5. The van der Waals surface area contributed by atoms with Crippen LogP contribution in [0.25, 0.3) is 0 Å². The highest BCUT2D eigenvalue weighted by Gasteiger charge is 2.19. The molecule has 73 heavy (non-hydrogen) atoms. The number of ether oxygens (including phenoxy) is 3. The van der Waals surface area contributed by atoms with Crippen molar-refractivity contribution in [2.45, 2.75) is 361 Å². The molecule has 0 radical (unpaired) electrons. The van der Waals surface area contributed by atoms with E-state index in [1.807, 2.05) is 0 Å². The average molecular weight is 1030 g/mol. The molecule has 6 heteroatoms. The lowest BCUT2D eigenvalue weighted by Gasteiger charge is -2.18. The van der Waals surface area contributed by atoms with Crippen LogP contribution in [0.1, 0.15) is 355 Å². The van der Waals surface area contributed by atoms with Crippen LogP contribution in [0.5, 0.6) is 0 Å². The molecule has 0 aliphatic heterocycles. The van der Waals surface area contributed by atoms with Crippen LogP contribution in [0.3, 0.4) is 0 Å². The summed E-state index contributed by atoms with van der Waals surface area (Å²) in [5.41, 5.74) is 0. The molecule has 0 aromatic carbocycles. The average Bonchev–Trinajstić information content (AvgIpc) is 3.39. The second-order valence-electron chi connectivity index (χ2n) is 22.0. The molecule has 0 aromatic rings. The predicted molar refractivity (Wildman–Crippen MR) is 316 cm³/mol. The highest BCUT2D eigenvalue weighted by atomic mass is 16.6. The van der Waals surface area contributed by atoms with Gasteiger partial charge in [-0.05, 0) is 57.8 Å². The fraction of sp³-hybridized carbons (Fsp3) is 0.866. The quantitative estimate of drug-likeness (QED) is 0.0261. The smallest absolute Gasteiger partial charge is 0.306 e. The minimum absolute atomic E-state index is 0.0705. The third kappa shape index (κ3) is 60.4. The van der Waals surface area contributed by atoms with Gasteiger partial charge >= 0.3 is 17.9 Å². The molecule has 0 spiro atoms. The minimum Gasteiger partial charge on any atom is -0.462 e. The summed E-state index contributed by atoms with van der Waals surface area (Å²) in [6, 6.07) is 0. The summed E-state index contributed by atoms with van der Waals surface area (Å²) >= 11 is 0. The molecule has 0 aromatic heterocycles. The molecular formula is C67H124O6. The van der Waals surface area contributed by atoms with Gasteiger partial charge in [0.2, 0.25) is 0 Å². The van der Waals surface area contributed by atoms with E-state index in [1.165, 1.54) is 238 Å². The van der Waals surface area contributed by atoms with Gasteiger partial charge in [0.1, 0.15) is 13.2 Å². The fourth-order valence-corrected chi connectivity index (χ4v) is 9.75. The van der Waals surface area contributed by atoms with Gasteiger partial charge < -0.3 is 14.2 Å². The van der Waals surface area contributed by atoms with Crippen LogP contribution in [0.15, 0.2) is 36.5 Å². The monoisotopic (exact) mass is 1020 g/mol. The number of hydrogen-bond acceptors (Lipinski definition) is 6. The number of carbonyl (C=O) groups excluding carboxylic acids is 3. The summed E-state index contributed by atoms with van der Waals surface area (Å²) in [5.74, 6) is -0.867. The molecule has 0 rings (SSSR count). The Bertz CT molecular complexity index is 1220. The van der Waals surface area contributed by atoms with Crippen molar-refractivity contribution in [1.82, 2.24) is 0 Å². The molecule has 0 bridgehead atoms. The Morgan fingerprint density at radius 2 is 0.493 bits per heavy atom. The van der Waals surface area contributed by atoms with Crippen molar-refractivity contribution in [2.24, 2.45) is 0 Å². The SMILES string of the molecule is CCCCCCC/C=C\C/C=C\C/C=C\CCCCCCCCCCCCC(=O)OCC(COC(=O)CCCCCCC)OC(=O)CCCCCCCCCCCCCCCCCCCCCCCCCCC. The van der Waals surface area contributed by atoms with Crippen LogP contribution in [-0.4, -0.2) is 37.2 Å². The Labute approximate surface area is 455 Å². The molecule has 0 fully saturated rings. The van der Waals surface area contributed by atoms with Crippen LogP contribution >= 0.6 is 0 Å². The first kappa shape index (κ1) is 70.6. The van der Waals surface area contributed by atoms with Gasteiger partial charge in [0, 0.05) is 19.3 Å². The number of unbranched alkanes of at least 4 members (excludes halogenated alkanes) is 43. The standard InChI is InChI=1S/C67H124O6/c1-4-7-10-13-15-17-19-21-23-25-27-29-31-33-35-37-39-41-43-45-47-49-51-54-57-60-66(69)72-63-64(62-71-65(68)59-56-53-12-9-6-3)73-67(70)61-58-55-52-50-48-46-44-42-40-38-36-34-32-30-28-26-24-22-20-18-16-14-11-8-5-2/h19,21,25,27,31,33,64H,4-18,20,22-24,26,28-30,32,34-63H2,1-3H3/b21-19-,27-25-,33-31-. The Hall–Kier alpha value is -2.37. The first-order chi connectivity index (χ1) is 36.0. The number of rotatable bonds is 60. The van der Waals surface area contributed by atoms with E-state index >= 15 is 0 Å². The third-order valence-electron chi connectivity index (χ3n) is 14.6. The van der Waals surface area contributed by atoms with Crippen LogP contribution < -0.4 is 0 Å². The molecule has 1 unspecified atom stereocenters. The summed E-state index contributed by atoms with van der Waals surface area (Å²) in [5, 5.41) is 0. The molecule has 6 nitrogen and oxygen atoms in total. The highest BCUT2D eigenvalue weighted by molar-refractivity contribution is 5.71. The van der Waals surface area contributed by atoms with Crippen molar-refractivity contribution in [2.75, 3.05) is 13.2 Å². The van der Waals surface area contributed by atoms with Crippen LogP contribution in [-0.2, 0) is 28.6 Å². The van der Waals surface area contributed by atoms with Gasteiger partial charge in [0.25, 0.3) is 0 Å². The van der Waals surface area contributed by atoms with E-state index in [9.17, 15) is 14.4 Å². The maximum Gasteiger partial charge on any atom is 0.306 e. The molecule has 0 aliphatic carbocycles. The molecule has 0 saturated carbocycles. The number of esters is 3. The van der Waals surface area contributed by atoms with Crippen LogP contribution in [0, 0.1) is 0 Å². The summed E-state index contributed by atoms with van der Waals surface area (Å²) in [6.07, 6.45) is 76.4. The van der Waals surface area contributed by atoms with Gasteiger partial charge in [-0.2, -0.15) is 0 Å². The van der Waals surface area contributed by atoms with E-state index in [-0.39, 0.29) is 31.1 Å². The van der Waals surface area contributed by atoms with Crippen molar-refractivity contribution in [3.8, 4) is 0 Å². The Balaban J connectivity index is 4.00. The molecule has 428 valence electrons. The molecule has 0 heterocycles. The number of allylic oxidation sites excluding steroid dienone is 6. The van der Waals surface area contributed by atoms with E-state index in [1.54, 1.807) is 0 Å². The van der Waals surface area contributed by atoms with Crippen LogP contribution in [0.4, 0.5) is 0 Å².